The van der Waals surface area contributed by atoms with E-state index in [1.54, 1.807) is 4.90 Å². The van der Waals surface area contributed by atoms with Gasteiger partial charge in [0.2, 0.25) is 5.91 Å². The molecule has 9 heteroatoms. The summed E-state index contributed by atoms with van der Waals surface area (Å²) in [6.07, 6.45) is 3.89. The van der Waals surface area contributed by atoms with E-state index in [0.717, 1.165) is 37.7 Å². The van der Waals surface area contributed by atoms with Gasteiger partial charge in [0, 0.05) is 37.3 Å². The predicted octanol–water partition coefficient (Wildman–Crippen LogP) is 2.20. The van der Waals surface area contributed by atoms with Gasteiger partial charge in [-0.15, -0.1) is 24.0 Å². The second-order valence-electron chi connectivity index (χ2n) is 9.18. The minimum absolute atomic E-state index is 0. The summed E-state index contributed by atoms with van der Waals surface area (Å²) in [6.45, 7) is 12.3. The number of benzene rings is 1. The van der Waals surface area contributed by atoms with Crippen LogP contribution in [0.3, 0.4) is 0 Å². The number of hydrogen-bond donors (Lipinski definition) is 3. The first kappa shape index (κ1) is 27.4. The normalized spacial score (nSPS) is 17.7. The van der Waals surface area contributed by atoms with Gasteiger partial charge < -0.3 is 20.9 Å². The molecule has 3 rings (SSSR count). The molecule has 0 aromatic heterocycles. The predicted molar refractivity (Wildman–Crippen MR) is 143 cm³/mol. The molecular formula is C24H39IN6O2. The summed E-state index contributed by atoms with van der Waals surface area (Å²) in [5, 5.41) is 9.57. The number of aliphatic imine (C=N–C) groups is 1. The maximum Gasteiger partial charge on any atom is 0.254 e. The zero-order chi connectivity index (χ0) is 23.0. The maximum absolute atomic E-state index is 12.6. The average Bonchev–Trinajstić information content (AvgIpc) is 2.81. The van der Waals surface area contributed by atoms with Crippen molar-refractivity contribution in [2.75, 3.05) is 45.8 Å². The highest BCUT2D eigenvalue weighted by Gasteiger charge is 2.28. The fraction of sp³-hybridized carbons (Fsp3) is 0.625. The van der Waals surface area contributed by atoms with Crippen LogP contribution in [0.1, 0.15) is 56.0 Å². The number of carbonyl (C=O) groups excluding carboxylic acids is 2. The van der Waals surface area contributed by atoms with E-state index < -0.39 is 0 Å². The molecule has 2 aliphatic heterocycles. The first-order chi connectivity index (χ1) is 15.4. The van der Waals surface area contributed by atoms with Crippen molar-refractivity contribution in [3.05, 3.63) is 35.4 Å². The number of guanidine groups is 1. The van der Waals surface area contributed by atoms with Crippen molar-refractivity contribution in [2.24, 2.45) is 4.99 Å². The van der Waals surface area contributed by atoms with Crippen LogP contribution in [0.4, 0.5) is 0 Å². The summed E-state index contributed by atoms with van der Waals surface area (Å²) in [4.78, 5) is 33.0. The Morgan fingerprint density at radius 1 is 1.09 bits per heavy atom. The van der Waals surface area contributed by atoms with Gasteiger partial charge in [0.25, 0.3) is 5.91 Å². The minimum Gasteiger partial charge on any atom is -0.357 e. The second-order valence-corrected chi connectivity index (χ2v) is 9.18. The number of likely N-dealkylation sites (tertiary alicyclic amines) is 1. The van der Waals surface area contributed by atoms with Crippen LogP contribution in [0.2, 0.25) is 0 Å². The van der Waals surface area contributed by atoms with E-state index >= 15 is 0 Å². The van der Waals surface area contributed by atoms with Crippen LogP contribution in [0, 0.1) is 0 Å². The molecule has 0 aliphatic carbocycles. The van der Waals surface area contributed by atoms with Crippen LogP contribution >= 0.6 is 24.0 Å². The van der Waals surface area contributed by atoms with Gasteiger partial charge in [-0.25, -0.2) is 4.99 Å². The van der Waals surface area contributed by atoms with Gasteiger partial charge in [-0.05, 0) is 64.4 Å². The monoisotopic (exact) mass is 570 g/mol. The van der Waals surface area contributed by atoms with Crippen molar-refractivity contribution in [3.63, 3.8) is 0 Å². The third-order valence-electron chi connectivity index (χ3n) is 6.19. The Morgan fingerprint density at radius 2 is 1.79 bits per heavy atom. The van der Waals surface area contributed by atoms with Crippen LogP contribution < -0.4 is 16.0 Å². The molecule has 2 fully saturated rings. The molecule has 0 unspecified atom stereocenters. The third-order valence-corrected chi connectivity index (χ3v) is 6.19. The van der Waals surface area contributed by atoms with Crippen LogP contribution in [-0.2, 0) is 11.3 Å². The Hall–Kier alpha value is -1.88. The Kier molecular flexibility index (Phi) is 10.9. The molecule has 0 radical (unpaired) electrons. The molecule has 0 saturated carbocycles. The van der Waals surface area contributed by atoms with E-state index in [0.29, 0.717) is 25.2 Å². The Balaban J connectivity index is 0.00000385. The van der Waals surface area contributed by atoms with Crippen molar-refractivity contribution >= 4 is 41.8 Å². The summed E-state index contributed by atoms with van der Waals surface area (Å²) in [7, 11) is 0. The Labute approximate surface area is 215 Å². The number of hydrogen-bond acceptors (Lipinski definition) is 4. The molecule has 2 amide bonds. The summed E-state index contributed by atoms with van der Waals surface area (Å²) < 4.78 is 0. The van der Waals surface area contributed by atoms with Gasteiger partial charge in [0.1, 0.15) is 0 Å². The molecule has 2 saturated heterocycles. The molecule has 1 aromatic rings. The van der Waals surface area contributed by atoms with Crippen molar-refractivity contribution in [3.8, 4) is 0 Å². The lowest BCUT2D eigenvalue weighted by Crippen LogP contribution is -2.54. The van der Waals surface area contributed by atoms with Crippen molar-refractivity contribution in [1.82, 2.24) is 25.8 Å². The van der Waals surface area contributed by atoms with E-state index in [-0.39, 0.29) is 47.9 Å². The molecule has 8 nitrogen and oxygen atoms in total. The van der Waals surface area contributed by atoms with E-state index in [1.807, 2.05) is 24.3 Å². The second kappa shape index (κ2) is 13.1. The zero-order valence-electron chi connectivity index (χ0n) is 20.2. The molecule has 0 bridgehead atoms. The van der Waals surface area contributed by atoms with Crippen molar-refractivity contribution in [1.29, 1.82) is 0 Å². The quantitative estimate of drug-likeness (QED) is 0.266. The summed E-state index contributed by atoms with van der Waals surface area (Å²) in [5.74, 6) is 0.587. The highest BCUT2D eigenvalue weighted by Crippen LogP contribution is 2.19. The average molecular weight is 571 g/mol. The molecule has 0 spiro atoms. The zero-order valence-corrected chi connectivity index (χ0v) is 22.5. The summed E-state index contributed by atoms with van der Waals surface area (Å²) >= 11 is 0. The molecule has 3 N–H and O–H groups in total. The molecule has 0 atom stereocenters. The molecule has 33 heavy (non-hydrogen) atoms. The van der Waals surface area contributed by atoms with Crippen LogP contribution in [0.15, 0.2) is 29.3 Å². The van der Waals surface area contributed by atoms with E-state index in [2.05, 4.69) is 41.6 Å². The van der Waals surface area contributed by atoms with Crippen LogP contribution in [-0.4, -0.2) is 78.9 Å². The lowest BCUT2D eigenvalue weighted by Gasteiger charge is -2.41. The number of nitrogens with zero attached hydrogens (tertiary/aromatic N) is 3. The molecule has 2 aliphatic rings. The van der Waals surface area contributed by atoms with E-state index in [4.69, 9.17) is 4.99 Å². The highest BCUT2D eigenvalue weighted by molar-refractivity contribution is 14.0. The molecular weight excluding hydrogens is 531 g/mol. The number of rotatable bonds is 7. The summed E-state index contributed by atoms with van der Waals surface area (Å²) in [5.41, 5.74) is 1.70. The molecule has 184 valence electrons. The van der Waals surface area contributed by atoms with Crippen LogP contribution in [0.25, 0.3) is 0 Å². The minimum atomic E-state index is -0.109. The fourth-order valence-electron chi connectivity index (χ4n) is 4.17. The Morgan fingerprint density at radius 3 is 2.42 bits per heavy atom. The van der Waals surface area contributed by atoms with E-state index in [1.165, 1.54) is 19.3 Å². The van der Waals surface area contributed by atoms with E-state index in [9.17, 15) is 9.59 Å². The number of halogens is 1. The number of nitrogens with one attached hydrogen (secondary N) is 3. The van der Waals surface area contributed by atoms with Gasteiger partial charge in [-0.2, -0.15) is 0 Å². The first-order valence-corrected chi connectivity index (χ1v) is 11.8. The third kappa shape index (κ3) is 8.13. The highest BCUT2D eigenvalue weighted by atomic mass is 127. The van der Waals surface area contributed by atoms with Crippen molar-refractivity contribution < 1.29 is 9.59 Å². The SMILES string of the molecule is CCNC(=NCc1ccc(C(=O)N2CCNC(=O)C2)cc1)NCC(C)(C)N1CCCCC1.I. The van der Waals surface area contributed by atoms with Crippen LogP contribution in [0.5, 0.6) is 0 Å². The fourth-order valence-corrected chi connectivity index (χ4v) is 4.17. The lowest BCUT2D eigenvalue weighted by molar-refractivity contribution is -0.123. The summed E-state index contributed by atoms with van der Waals surface area (Å²) in [6, 6.07) is 7.50. The standard InChI is InChI=1S/C24H38N6O2.HI/c1-4-25-23(28-18-24(2,3)30-13-6-5-7-14-30)27-16-19-8-10-20(11-9-19)22(32)29-15-12-26-21(31)17-29;/h8-11H,4-7,12-18H2,1-3H3,(H,26,31)(H2,25,27,28);1H. The largest absolute Gasteiger partial charge is 0.357 e. The topological polar surface area (TPSA) is 89.1 Å². The van der Waals surface area contributed by atoms with Crippen molar-refractivity contribution in [2.45, 2.75) is 52.1 Å². The smallest absolute Gasteiger partial charge is 0.254 e. The molecule has 1 aromatic carbocycles. The van der Waals surface area contributed by atoms with Gasteiger partial charge in [0.15, 0.2) is 5.96 Å². The van der Waals surface area contributed by atoms with Gasteiger partial charge in [-0.1, -0.05) is 18.6 Å². The molecule has 2 heterocycles. The first-order valence-electron chi connectivity index (χ1n) is 11.8. The van der Waals surface area contributed by atoms with Gasteiger partial charge in [0.05, 0.1) is 13.1 Å². The lowest BCUT2D eigenvalue weighted by atomic mass is 9.98. The van der Waals surface area contributed by atoms with Gasteiger partial charge >= 0.3 is 0 Å². The van der Waals surface area contributed by atoms with Gasteiger partial charge in [-0.3, -0.25) is 14.5 Å². The number of amides is 2. The maximum atomic E-state index is 12.6. The number of piperidine rings is 1. The Bertz CT molecular complexity index is 806. The number of carbonyl (C=O) groups is 2. The number of piperazine rings is 1.